The Balaban J connectivity index is 1.68. The summed E-state index contributed by atoms with van der Waals surface area (Å²) < 4.78 is 5.91. The van der Waals surface area contributed by atoms with Crippen molar-refractivity contribution in [3.8, 4) is 0 Å². The second-order valence-electron chi connectivity index (χ2n) is 6.22. The fourth-order valence-corrected chi connectivity index (χ4v) is 3.78. The molecule has 1 heterocycles. The van der Waals surface area contributed by atoms with Gasteiger partial charge in [-0.05, 0) is 50.9 Å². The molecule has 1 saturated heterocycles. The van der Waals surface area contributed by atoms with Crippen LogP contribution in [-0.4, -0.2) is 28.7 Å². The Morgan fingerprint density at radius 1 is 1.18 bits per heavy atom. The molecule has 3 fully saturated rings. The molecule has 2 aliphatic carbocycles. The summed E-state index contributed by atoms with van der Waals surface area (Å²) in [6, 6.07) is 0. The van der Waals surface area contributed by atoms with E-state index >= 15 is 0 Å². The van der Waals surface area contributed by atoms with E-state index in [0.717, 1.165) is 19.4 Å². The molecule has 2 saturated carbocycles. The molecule has 0 aromatic rings. The molecule has 0 aromatic heterocycles. The third-order valence-corrected chi connectivity index (χ3v) is 5.19. The maximum Gasteiger partial charge on any atom is 0.133 e. The first-order valence-electron chi connectivity index (χ1n) is 7.00. The van der Waals surface area contributed by atoms with Crippen molar-refractivity contribution < 1.29 is 14.6 Å². The van der Waals surface area contributed by atoms with Crippen LogP contribution < -0.4 is 0 Å². The highest BCUT2D eigenvalue weighted by atomic mass is 16.5. The Hall–Kier alpha value is -0.410. The summed E-state index contributed by atoms with van der Waals surface area (Å²) in [6.45, 7) is 0.793. The van der Waals surface area contributed by atoms with Gasteiger partial charge in [0.25, 0.3) is 0 Å². The van der Waals surface area contributed by atoms with Gasteiger partial charge >= 0.3 is 0 Å². The van der Waals surface area contributed by atoms with Crippen molar-refractivity contribution in [3.05, 3.63) is 0 Å². The van der Waals surface area contributed by atoms with E-state index < -0.39 is 5.60 Å². The molecular formula is C14H22O3. The first kappa shape index (κ1) is 11.7. The molecule has 1 spiro atoms. The zero-order chi connectivity index (χ0) is 11.9. The second kappa shape index (κ2) is 4.06. The van der Waals surface area contributed by atoms with Crippen molar-refractivity contribution in [2.24, 2.45) is 5.92 Å². The van der Waals surface area contributed by atoms with E-state index in [9.17, 15) is 9.90 Å². The van der Waals surface area contributed by atoms with E-state index in [1.54, 1.807) is 0 Å². The lowest BCUT2D eigenvalue weighted by Gasteiger charge is -2.51. The van der Waals surface area contributed by atoms with Crippen LogP contribution in [0.25, 0.3) is 0 Å². The van der Waals surface area contributed by atoms with E-state index in [-0.39, 0.29) is 5.60 Å². The lowest BCUT2D eigenvalue weighted by Crippen LogP contribution is -2.52. The van der Waals surface area contributed by atoms with Crippen LogP contribution in [0.4, 0.5) is 0 Å². The van der Waals surface area contributed by atoms with Crippen LogP contribution in [0.2, 0.25) is 0 Å². The summed E-state index contributed by atoms with van der Waals surface area (Å²) in [7, 11) is 0. The van der Waals surface area contributed by atoms with E-state index in [0.29, 0.717) is 37.4 Å². The van der Waals surface area contributed by atoms with Crippen LogP contribution in [0, 0.1) is 5.92 Å². The number of ketones is 1. The van der Waals surface area contributed by atoms with Crippen LogP contribution >= 0.6 is 0 Å². The highest BCUT2D eigenvalue weighted by Crippen LogP contribution is 2.49. The Labute approximate surface area is 103 Å². The van der Waals surface area contributed by atoms with Crippen molar-refractivity contribution in [2.75, 3.05) is 6.61 Å². The third-order valence-electron chi connectivity index (χ3n) is 5.19. The van der Waals surface area contributed by atoms with Gasteiger partial charge in [-0.3, -0.25) is 4.79 Å². The molecule has 1 unspecified atom stereocenters. The summed E-state index contributed by atoms with van der Waals surface area (Å²) in [5.41, 5.74) is -0.486. The third kappa shape index (κ3) is 2.04. The quantitative estimate of drug-likeness (QED) is 0.762. The molecular weight excluding hydrogens is 216 g/mol. The minimum atomic E-state index is -0.583. The fraction of sp³-hybridized carbons (Fsp3) is 0.929. The highest BCUT2D eigenvalue weighted by Gasteiger charge is 2.49. The molecule has 3 heteroatoms. The molecule has 17 heavy (non-hydrogen) atoms. The number of carbonyl (C=O) groups is 1. The van der Waals surface area contributed by atoms with E-state index in [1.807, 2.05) is 0 Å². The zero-order valence-corrected chi connectivity index (χ0v) is 10.4. The SMILES string of the molecule is O=C1CCC(O)(C2CCOC3(CCC3)C2)CC1. The molecule has 0 radical (unpaired) electrons. The van der Waals surface area contributed by atoms with E-state index in [1.165, 1.54) is 19.3 Å². The number of rotatable bonds is 1. The Bertz CT molecular complexity index is 309. The molecule has 3 rings (SSSR count). The molecule has 96 valence electrons. The number of ether oxygens (including phenoxy) is 1. The molecule has 1 N–H and O–H groups in total. The van der Waals surface area contributed by atoms with Crippen molar-refractivity contribution in [3.63, 3.8) is 0 Å². The predicted octanol–water partition coefficient (Wildman–Crippen LogP) is 2.21. The predicted molar refractivity (Wildman–Crippen MR) is 63.7 cm³/mol. The van der Waals surface area contributed by atoms with E-state index in [2.05, 4.69) is 0 Å². The number of Topliss-reactive ketones (excluding diaryl/α,β-unsaturated/α-hetero) is 1. The van der Waals surface area contributed by atoms with Crippen molar-refractivity contribution in [1.29, 1.82) is 0 Å². The van der Waals surface area contributed by atoms with Gasteiger partial charge in [-0.2, -0.15) is 0 Å². The van der Waals surface area contributed by atoms with Crippen molar-refractivity contribution in [1.82, 2.24) is 0 Å². The molecule has 0 bridgehead atoms. The van der Waals surface area contributed by atoms with Gasteiger partial charge in [0.1, 0.15) is 5.78 Å². The van der Waals surface area contributed by atoms with Crippen molar-refractivity contribution >= 4 is 5.78 Å². The minimum Gasteiger partial charge on any atom is -0.390 e. The van der Waals surface area contributed by atoms with Gasteiger partial charge < -0.3 is 9.84 Å². The zero-order valence-electron chi connectivity index (χ0n) is 10.4. The average molecular weight is 238 g/mol. The maximum absolute atomic E-state index is 11.3. The van der Waals surface area contributed by atoms with Gasteiger partial charge in [-0.15, -0.1) is 0 Å². The largest absolute Gasteiger partial charge is 0.390 e. The van der Waals surface area contributed by atoms with Gasteiger partial charge in [0.15, 0.2) is 0 Å². The summed E-state index contributed by atoms with van der Waals surface area (Å²) in [5.74, 6) is 0.671. The number of aliphatic hydroxyl groups is 1. The van der Waals surface area contributed by atoms with Crippen LogP contribution in [0.1, 0.15) is 57.8 Å². The molecule has 0 aromatic carbocycles. The van der Waals surface area contributed by atoms with Gasteiger partial charge in [-0.25, -0.2) is 0 Å². The van der Waals surface area contributed by atoms with Gasteiger partial charge in [0.2, 0.25) is 0 Å². The van der Waals surface area contributed by atoms with Crippen LogP contribution in [-0.2, 0) is 9.53 Å². The first-order valence-corrected chi connectivity index (χ1v) is 7.00. The lowest BCUT2D eigenvalue weighted by atomic mass is 9.64. The standard InChI is InChI=1S/C14H22O3/c15-12-2-7-14(16,8-3-12)11-4-9-17-13(10-11)5-1-6-13/h11,16H,1-10H2. The highest BCUT2D eigenvalue weighted by molar-refractivity contribution is 5.79. The Morgan fingerprint density at radius 3 is 2.47 bits per heavy atom. The van der Waals surface area contributed by atoms with Crippen molar-refractivity contribution in [2.45, 2.75) is 69.0 Å². The van der Waals surface area contributed by atoms with E-state index in [4.69, 9.17) is 4.74 Å². The summed E-state index contributed by atoms with van der Waals surface area (Å²) in [4.78, 5) is 11.3. The first-order chi connectivity index (χ1) is 8.12. The number of carbonyl (C=O) groups excluding carboxylic acids is 1. The molecule has 3 nitrogen and oxygen atoms in total. The topological polar surface area (TPSA) is 46.5 Å². The van der Waals surface area contributed by atoms with Crippen LogP contribution in [0.3, 0.4) is 0 Å². The normalized spacial score (nSPS) is 35.6. The Morgan fingerprint density at radius 2 is 1.88 bits per heavy atom. The molecule has 3 aliphatic rings. The van der Waals surface area contributed by atoms with Gasteiger partial charge in [-0.1, -0.05) is 0 Å². The van der Waals surface area contributed by atoms with Crippen LogP contribution in [0.5, 0.6) is 0 Å². The fourth-order valence-electron chi connectivity index (χ4n) is 3.78. The average Bonchev–Trinajstić information content (AvgIpc) is 2.31. The minimum absolute atomic E-state index is 0.0973. The number of hydrogen-bond donors (Lipinski definition) is 1. The monoisotopic (exact) mass is 238 g/mol. The summed E-state index contributed by atoms with van der Waals surface area (Å²) in [5, 5.41) is 10.8. The summed E-state index contributed by atoms with van der Waals surface area (Å²) >= 11 is 0. The molecule has 1 aliphatic heterocycles. The second-order valence-corrected chi connectivity index (χ2v) is 6.22. The molecule has 1 atom stereocenters. The Kier molecular flexibility index (Phi) is 2.79. The molecule has 0 amide bonds. The lowest BCUT2D eigenvalue weighted by molar-refractivity contribution is -0.181. The van der Waals surface area contributed by atoms with Crippen LogP contribution in [0.15, 0.2) is 0 Å². The number of hydrogen-bond acceptors (Lipinski definition) is 3. The maximum atomic E-state index is 11.3. The summed E-state index contributed by atoms with van der Waals surface area (Å²) in [6.07, 6.45) is 8.06. The smallest absolute Gasteiger partial charge is 0.133 e. The van der Waals surface area contributed by atoms with Gasteiger partial charge in [0.05, 0.1) is 11.2 Å². The van der Waals surface area contributed by atoms with Gasteiger partial charge in [0, 0.05) is 19.4 Å².